The van der Waals surface area contributed by atoms with Crippen LogP contribution in [0.15, 0.2) is 29.2 Å². The minimum atomic E-state index is -0.103. The molecule has 4 nitrogen and oxygen atoms in total. The Labute approximate surface area is 105 Å². The third-order valence-electron chi connectivity index (χ3n) is 2.10. The molecule has 0 aliphatic heterocycles. The van der Waals surface area contributed by atoms with E-state index in [1.54, 1.807) is 11.8 Å². The van der Waals surface area contributed by atoms with Crippen molar-refractivity contribution in [1.29, 1.82) is 5.26 Å². The van der Waals surface area contributed by atoms with Gasteiger partial charge in [-0.2, -0.15) is 5.26 Å². The first-order valence-electron chi connectivity index (χ1n) is 5.28. The molecule has 2 N–H and O–H groups in total. The summed E-state index contributed by atoms with van der Waals surface area (Å²) in [4.78, 5) is 12.5. The SMILES string of the molecule is CSc1ccc(NCC(=O)NCCC#N)cc1. The summed E-state index contributed by atoms with van der Waals surface area (Å²) in [5.74, 6) is -0.103. The highest BCUT2D eigenvalue weighted by Gasteiger charge is 2.00. The average Bonchev–Trinajstić information content (AvgIpc) is 2.37. The van der Waals surface area contributed by atoms with Crippen LogP contribution in [0, 0.1) is 11.3 Å². The van der Waals surface area contributed by atoms with Gasteiger partial charge in [0, 0.05) is 17.1 Å². The fraction of sp³-hybridized carbons (Fsp3) is 0.333. The zero-order valence-electron chi connectivity index (χ0n) is 9.69. The molecule has 0 aliphatic rings. The molecule has 1 aromatic carbocycles. The van der Waals surface area contributed by atoms with Gasteiger partial charge in [0.2, 0.25) is 5.91 Å². The van der Waals surface area contributed by atoms with Gasteiger partial charge in [-0.05, 0) is 30.5 Å². The zero-order valence-corrected chi connectivity index (χ0v) is 10.5. The predicted molar refractivity (Wildman–Crippen MR) is 70.0 cm³/mol. The van der Waals surface area contributed by atoms with E-state index < -0.39 is 0 Å². The Hall–Kier alpha value is -1.67. The number of hydrogen-bond acceptors (Lipinski definition) is 4. The van der Waals surface area contributed by atoms with Gasteiger partial charge < -0.3 is 10.6 Å². The number of hydrogen-bond donors (Lipinski definition) is 2. The third kappa shape index (κ3) is 5.27. The van der Waals surface area contributed by atoms with Crippen LogP contribution in [0.1, 0.15) is 6.42 Å². The van der Waals surface area contributed by atoms with E-state index in [1.807, 2.05) is 36.6 Å². The molecule has 1 aromatic rings. The molecule has 0 spiro atoms. The number of rotatable bonds is 6. The minimum Gasteiger partial charge on any atom is -0.376 e. The van der Waals surface area contributed by atoms with Crippen LogP contribution in [0.25, 0.3) is 0 Å². The van der Waals surface area contributed by atoms with Crippen LogP contribution in [0.2, 0.25) is 0 Å². The lowest BCUT2D eigenvalue weighted by atomic mass is 10.3. The Balaban J connectivity index is 2.29. The summed E-state index contributed by atoms with van der Waals surface area (Å²) in [7, 11) is 0. The van der Waals surface area contributed by atoms with E-state index in [9.17, 15) is 4.79 Å². The van der Waals surface area contributed by atoms with E-state index in [-0.39, 0.29) is 12.5 Å². The zero-order chi connectivity index (χ0) is 12.5. The standard InChI is InChI=1S/C12H15N3OS/c1-17-11-5-3-10(4-6-11)15-9-12(16)14-8-2-7-13/h3-6,15H,2,8-9H2,1H3,(H,14,16). The van der Waals surface area contributed by atoms with Crippen LogP contribution >= 0.6 is 11.8 Å². The number of nitriles is 1. The largest absolute Gasteiger partial charge is 0.376 e. The number of carbonyl (C=O) groups excluding carboxylic acids is 1. The van der Waals surface area contributed by atoms with Crippen molar-refractivity contribution in [1.82, 2.24) is 5.32 Å². The first-order chi connectivity index (χ1) is 8.26. The lowest BCUT2D eigenvalue weighted by Crippen LogP contribution is -2.30. The molecule has 1 amide bonds. The van der Waals surface area contributed by atoms with Crippen LogP contribution in [-0.4, -0.2) is 25.3 Å². The normalized spacial score (nSPS) is 9.41. The van der Waals surface area contributed by atoms with Crippen molar-refractivity contribution in [2.75, 3.05) is 24.7 Å². The highest BCUT2D eigenvalue weighted by Crippen LogP contribution is 2.17. The topological polar surface area (TPSA) is 64.9 Å². The Morgan fingerprint density at radius 1 is 1.41 bits per heavy atom. The first-order valence-corrected chi connectivity index (χ1v) is 6.50. The maximum atomic E-state index is 11.3. The molecule has 5 heteroatoms. The molecule has 0 bridgehead atoms. The molecule has 0 aliphatic carbocycles. The van der Waals surface area contributed by atoms with Crippen LogP contribution < -0.4 is 10.6 Å². The van der Waals surface area contributed by atoms with Crippen molar-refractivity contribution >= 4 is 23.4 Å². The predicted octanol–water partition coefficient (Wildman–Crippen LogP) is 1.85. The minimum absolute atomic E-state index is 0.103. The smallest absolute Gasteiger partial charge is 0.239 e. The molecule has 0 saturated heterocycles. The van der Waals surface area contributed by atoms with Crippen LogP contribution in [0.3, 0.4) is 0 Å². The number of nitrogens with zero attached hydrogens (tertiary/aromatic N) is 1. The maximum absolute atomic E-state index is 11.3. The Morgan fingerprint density at radius 3 is 2.71 bits per heavy atom. The molecule has 0 heterocycles. The highest BCUT2D eigenvalue weighted by atomic mass is 32.2. The second-order valence-corrected chi connectivity index (χ2v) is 4.22. The van der Waals surface area contributed by atoms with Crippen LogP contribution in [0.4, 0.5) is 5.69 Å². The van der Waals surface area contributed by atoms with Crippen LogP contribution in [-0.2, 0) is 4.79 Å². The van der Waals surface area contributed by atoms with Gasteiger partial charge in [-0.15, -0.1) is 11.8 Å². The monoisotopic (exact) mass is 249 g/mol. The van der Waals surface area contributed by atoms with Gasteiger partial charge in [0.25, 0.3) is 0 Å². The lowest BCUT2D eigenvalue weighted by Gasteiger charge is -2.07. The molecule has 1 rings (SSSR count). The van der Waals surface area contributed by atoms with E-state index in [4.69, 9.17) is 5.26 Å². The summed E-state index contributed by atoms with van der Waals surface area (Å²) in [6, 6.07) is 9.85. The van der Waals surface area contributed by atoms with Gasteiger partial charge in [0.1, 0.15) is 0 Å². The summed E-state index contributed by atoms with van der Waals surface area (Å²) in [5, 5.41) is 14.0. The fourth-order valence-electron chi connectivity index (χ4n) is 1.21. The van der Waals surface area contributed by atoms with E-state index in [0.717, 1.165) is 5.69 Å². The number of carbonyl (C=O) groups is 1. The Kier molecular flexibility index (Phi) is 5.97. The quantitative estimate of drug-likeness (QED) is 0.596. The molecular weight excluding hydrogens is 234 g/mol. The number of anilines is 1. The number of amides is 1. The molecular formula is C12H15N3OS. The number of benzene rings is 1. The molecule has 0 fully saturated rings. The molecule has 0 unspecified atom stereocenters. The van der Waals surface area contributed by atoms with Crippen molar-refractivity contribution in [3.05, 3.63) is 24.3 Å². The third-order valence-corrected chi connectivity index (χ3v) is 2.85. The van der Waals surface area contributed by atoms with E-state index >= 15 is 0 Å². The summed E-state index contributed by atoms with van der Waals surface area (Å²) in [6.45, 7) is 0.631. The van der Waals surface area contributed by atoms with E-state index in [0.29, 0.717) is 13.0 Å². The molecule has 0 radical (unpaired) electrons. The first kappa shape index (κ1) is 13.4. The second-order valence-electron chi connectivity index (χ2n) is 3.34. The average molecular weight is 249 g/mol. The summed E-state index contributed by atoms with van der Waals surface area (Å²) in [6.07, 6.45) is 2.36. The van der Waals surface area contributed by atoms with Crippen molar-refractivity contribution in [3.63, 3.8) is 0 Å². The van der Waals surface area contributed by atoms with Gasteiger partial charge in [0.15, 0.2) is 0 Å². The van der Waals surface area contributed by atoms with E-state index in [2.05, 4.69) is 10.6 Å². The van der Waals surface area contributed by atoms with Gasteiger partial charge in [-0.1, -0.05) is 0 Å². The Morgan fingerprint density at radius 2 is 2.12 bits per heavy atom. The molecule has 0 atom stereocenters. The van der Waals surface area contributed by atoms with Crippen molar-refractivity contribution in [3.8, 4) is 6.07 Å². The summed E-state index contributed by atoms with van der Waals surface area (Å²) in [5.41, 5.74) is 0.915. The maximum Gasteiger partial charge on any atom is 0.239 e. The molecule has 0 saturated carbocycles. The number of thioether (sulfide) groups is 1. The number of nitrogens with one attached hydrogen (secondary N) is 2. The molecule has 90 valence electrons. The van der Waals surface area contributed by atoms with Gasteiger partial charge >= 0.3 is 0 Å². The summed E-state index contributed by atoms with van der Waals surface area (Å²) < 4.78 is 0. The fourth-order valence-corrected chi connectivity index (χ4v) is 1.62. The van der Waals surface area contributed by atoms with E-state index in [1.165, 1.54) is 4.90 Å². The molecule has 17 heavy (non-hydrogen) atoms. The highest BCUT2D eigenvalue weighted by molar-refractivity contribution is 7.98. The van der Waals surface area contributed by atoms with Crippen molar-refractivity contribution in [2.45, 2.75) is 11.3 Å². The van der Waals surface area contributed by atoms with Crippen molar-refractivity contribution < 1.29 is 4.79 Å². The van der Waals surface area contributed by atoms with Gasteiger partial charge in [-0.3, -0.25) is 4.79 Å². The summed E-state index contributed by atoms with van der Waals surface area (Å²) >= 11 is 1.68. The lowest BCUT2D eigenvalue weighted by molar-refractivity contribution is -0.119. The van der Waals surface area contributed by atoms with Gasteiger partial charge in [0.05, 0.1) is 19.0 Å². The van der Waals surface area contributed by atoms with Crippen molar-refractivity contribution in [2.24, 2.45) is 0 Å². The Bertz CT molecular complexity index is 397. The second kappa shape index (κ2) is 7.58. The molecule has 0 aromatic heterocycles. The van der Waals surface area contributed by atoms with Gasteiger partial charge in [-0.25, -0.2) is 0 Å². The van der Waals surface area contributed by atoms with Crippen LogP contribution in [0.5, 0.6) is 0 Å².